The zero-order valence-electron chi connectivity index (χ0n) is 12.5. The van der Waals surface area contributed by atoms with Crippen LogP contribution in [0.3, 0.4) is 0 Å². The first kappa shape index (κ1) is 14.3. The van der Waals surface area contributed by atoms with Gasteiger partial charge in [0, 0.05) is 12.1 Å². The molecule has 2 aliphatic rings. The lowest BCUT2D eigenvalue weighted by atomic mass is 9.90. The summed E-state index contributed by atoms with van der Waals surface area (Å²) in [5.41, 5.74) is 1.13. The van der Waals surface area contributed by atoms with Gasteiger partial charge in [0.15, 0.2) is 0 Å². The van der Waals surface area contributed by atoms with Gasteiger partial charge in [-0.2, -0.15) is 0 Å². The number of fused-ring (bicyclic) bond motifs is 1. The molecule has 1 N–H and O–H groups in total. The minimum absolute atomic E-state index is 0.0667. The van der Waals surface area contributed by atoms with E-state index in [0.29, 0.717) is 17.2 Å². The van der Waals surface area contributed by atoms with Gasteiger partial charge >= 0.3 is 0 Å². The van der Waals surface area contributed by atoms with E-state index in [1.54, 1.807) is 12.1 Å². The molecule has 21 heavy (non-hydrogen) atoms. The van der Waals surface area contributed by atoms with Crippen LogP contribution in [0.5, 0.6) is 0 Å². The summed E-state index contributed by atoms with van der Waals surface area (Å²) in [4.78, 5) is 26.4. The number of nitrogens with zero attached hydrogens (tertiary/aromatic N) is 1. The highest BCUT2D eigenvalue weighted by Crippen LogP contribution is 2.30. The van der Waals surface area contributed by atoms with Crippen LogP contribution in [0, 0.1) is 0 Å². The molecule has 0 spiro atoms. The maximum atomic E-state index is 12.4. The molecule has 4 heteroatoms. The van der Waals surface area contributed by atoms with Crippen LogP contribution in [0.2, 0.25) is 0 Å². The van der Waals surface area contributed by atoms with E-state index in [2.05, 4.69) is 12.2 Å². The Morgan fingerprint density at radius 3 is 2.14 bits per heavy atom. The molecule has 1 aromatic carbocycles. The average Bonchev–Trinajstić information content (AvgIpc) is 2.78. The summed E-state index contributed by atoms with van der Waals surface area (Å²) in [6, 6.07) is 7.75. The van der Waals surface area contributed by atoms with Crippen LogP contribution in [-0.2, 0) is 0 Å². The van der Waals surface area contributed by atoms with Gasteiger partial charge in [0.1, 0.15) is 0 Å². The number of benzene rings is 1. The number of nitrogens with one attached hydrogen (secondary N) is 1. The third kappa shape index (κ3) is 2.60. The van der Waals surface area contributed by atoms with Crippen molar-refractivity contribution in [2.24, 2.45) is 0 Å². The predicted octanol–water partition coefficient (Wildman–Crippen LogP) is 2.59. The standard InChI is InChI=1S/C17H22N2O2/c1-2-11-18-12-7-9-13(10-8-12)19-16(20)14-5-3-4-6-15(14)17(19)21/h3-6,12-13,18H,2,7-11H2,1H3. The van der Waals surface area contributed by atoms with Crippen LogP contribution < -0.4 is 5.32 Å². The summed E-state index contributed by atoms with van der Waals surface area (Å²) in [5, 5.41) is 3.53. The first-order valence-corrected chi connectivity index (χ1v) is 7.92. The number of carbonyl (C=O) groups excluding carboxylic acids is 2. The highest BCUT2D eigenvalue weighted by atomic mass is 16.2. The fourth-order valence-corrected chi connectivity index (χ4v) is 3.43. The number of hydrogen-bond acceptors (Lipinski definition) is 3. The van der Waals surface area contributed by atoms with Gasteiger partial charge < -0.3 is 5.32 Å². The van der Waals surface area contributed by atoms with Crippen LogP contribution in [0.4, 0.5) is 0 Å². The zero-order valence-corrected chi connectivity index (χ0v) is 12.5. The Balaban J connectivity index is 1.67. The lowest BCUT2D eigenvalue weighted by Crippen LogP contribution is -2.45. The average molecular weight is 286 g/mol. The number of imide groups is 1. The van der Waals surface area contributed by atoms with Crippen molar-refractivity contribution < 1.29 is 9.59 Å². The zero-order chi connectivity index (χ0) is 14.8. The Hall–Kier alpha value is -1.68. The van der Waals surface area contributed by atoms with Crippen LogP contribution >= 0.6 is 0 Å². The Morgan fingerprint density at radius 2 is 1.62 bits per heavy atom. The summed E-state index contributed by atoms with van der Waals surface area (Å²) in [7, 11) is 0. The molecule has 0 aromatic heterocycles. The molecule has 0 saturated heterocycles. The van der Waals surface area contributed by atoms with Crippen molar-refractivity contribution in [2.75, 3.05) is 6.54 Å². The largest absolute Gasteiger partial charge is 0.314 e. The maximum Gasteiger partial charge on any atom is 0.261 e. The first-order valence-electron chi connectivity index (χ1n) is 7.92. The van der Waals surface area contributed by atoms with Crippen molar-refractivity contribution in [1.82, 2.24) is 10.2 Å². The molecule has 1 aliphatic carbocycles. The number of hydrogen-bond donors (Lipinski definition) is 1. The summed E-state index contributed by atoms with van der Waals surface area (Å²) < 4.78 is 0. The summed E-state index contributed by atoms with van der Waals surface area (Å²) in [5.74, 6) is -0.221. The summed E-state index contributed by atoms with van der Waals surface area (Å²) in [6.07, 6.45) is 5.04. The molecule has 0 bridgehead atoms. The Kier molecular flexibility index (Phi) is 4.06. The van der Waals surface area contributed by atoms with Crippen molar-refractivity contribution >= 4 is 11.8 Å². The van der Waals surface area contributed by atoms with E-state index in [9.17, 15) is 9.59 Å². The van der Waals surface area contributed by atoms with Gasteiger partial charge in [0.05, 0.1) is 11.1 Å². The van der Waals surface area contributed by atoms with E-state index >= 15 is 0 Å². The Morgan fingerprint density at radius 1 is 1.05 bits per heavy atom. The molecule has 4 nitrogen and oxygen atoms in total. The summed E-state index contributed by atoms with van der Waals surface area (Å²) in [6.45, 7) is 3.21. The monoisotopic (exact) mass is 286 g/mol. The minimum Gasteiger partial charge on any atom is -0.314 e. The second-order valence-electron chi connectivity index (χ2n) is 5.99. The molecule has 1 aromatic rings. The third-order valence-corrected chi connectivity index (χ3v) is 4.57. The molecule has 2 amide bonds. The van der Waals surface area contributed by atoms with Gasteiger partial charge in [0.25, 0.3) is 11.8 Å². The third-order valence-electron chi connectivity index (χ3n) is 4.57. The van der Waals surface area contributed by atoms with Crippen molar-refractivity contribution in [2.45, 2.75) is 51.1 Å². The molecular formula is C17H22N2O2. The van der Waals surface area contributed by atoms with Crippen molar-refractivity contribution in [3.63, 3.8) is 0 Å². The van der Waals surface area contributed by atoms with E-state index in [1.165, 1.54) is 4.90 Å². The van der Waals surface area contributed by atoms with Crippen LogP contribution in [-0.4, -0.2) is 35.3 Å². The van der Waals surface area contributed by atoms with Crippen LogP contribution in [0.1, 0.15) is 59.7 Å². The van der Waals surface area contributed by atoms with Gasteiger partial charge in [0.2, 0.25) is 0 Å². The maximum absolute atomic E-state index is 12.4. The van der Waals surface area contributed by atoms with Gasteiger partial charge in [-0.15, -0.1) is 0 Å². The van der Waals surface area contributed by atoms with Gasteiger partial charge in [-0.05, 0) is 50.8 Å². The van der Waals surface area contributed by atoms with Crippen LogP contribution in [0.15, 0.2) is 24.3 Å². The predicted molar refractivity (Wildman–Crippen MR) is 81.3 cm³/mol. The molecular weight excluding hydrogens is 264 g/mol. The van der Waals surface area contributed by atoms with Crippen molar-refractivity contribution in [1.29, 1.82) is 0 Å². The van der Waals surface area contributed by atoms with E-state index in [0.717, 1.165) is 38.6 Å². The van der Waals surface area contributed by atoms with E-state index in [4.69, 9.17) is 0 Å². The molecule has 0 radical (unpaired) electrons. The number of rotatable bonds is 4. The highest BCUT2D eigenvalue weighted by Gasteiger charge is 2.40. The van der Waals surface area contributed by atoms with Gasteiger partial charge in [-0.1, -0.05) is 19.1 Å². The van der Waals surface area contributed by atoms with Crippen molar-refractivity contribution in [3.8, 4) is 0 Å². The van der Waals surface area contributed by atoms with Crippen molar-refractivity contribution in [3.05, 3.63) is 35.4 Å². The first-order chi connectivity index (χ1) is 10.2. The molecule has 1 heterocycles. The normalized spacial score (nSPS) is 25.3. The smallest absolute Gasteiger partial charge is 0.261 e. The lowest BCUT2D eigenvalue weighted by molar-refractivity contribution is 0.0538. The molecule has 112 valence electrons. The minimum atomic E-state index is -0.111. The molecule has 0 unspecified atom stereocenters. The number of amides is 2. The summed E-state index contributed by atoms with van der Waals surface area (Å²) >= 11 is 0. The topological polar surface area (TPSA) is 49.4 Å². The Bertz CT molecular complexity index is 512. The molecule has 1 saturated carbocycles. The fourth-order valence-electron chi connectivity index (χ4n) is 3.43. The fraction of sp³-hybridized carbons (Fsp3) is 0.529. The second-order valence-corrected chi connectivity index (χ2v) is 5.99. The van der Waals surface area contributed by atoms with Gasteiger partial charge in [-0.3, -0.25) is 14.5 Å². The SMILES string of the molecule is CCCNC1CCC(N2C(=O)c3ccccc3C2=O)CC1. The molecule has 1 aliphatic heterocycles. The van der Waals surface area contributed by atoms with E-state index in [1.807, 2.05) is 12.1 Å². The lowest BCUT2D eigenvalue weighted by Gasteiger charge is -2.33. The number of carbonyl (C=O) groups is 2. The molecule has 1 fully saturated rings. The van der Waals surface area contributed by atoms with E-state index in [-0.39, 0.29) is 17.9 Å². The Labute approximate surface area is 125 Å². The molecule has 3 rings (SSSR count). The quantitative estimate of drug-likeness (QED) is 0.866. The van der Waals surface area contributed by atoms with E-state index < -0.39 is 0 Å². The highest BCUT2D eigenvalue weighted by molar-refractivity contribution is 6.21. The molecule has 0 atom stereocenters. The van der Waals surface area contributed by atoms with Crippen LogP contribution in [0.25, 0.3) is 0 Å². The second kappa shape index (κ2) is 5.98. The van der Waals surface area contributed by atoms with Gasteiger partial charge in [-0.25, -0.2) is 0 Å².